The van der Waals surface area contributed by atoms with Gasteiger partial charge in [-0.25, -0.2) is 0 Å². The third-order valence-corrected chi connectivity index (χ3v) is 4.35. The van der Waals surface area contributed by atoms with E-state index in [-0.39, 0.29) is 0 Å². The Bertz CT molecular complexity index is 423. The van der Waals surface area contributed by atoms with E-state index in [1.807, 2.05) is 6.07 Å². The van der Waals surface area contributed by atoms with Crippen molar-refractivity contribution in [3.63, 3.8) is 0 Å². The average molecular weight is 245 g/mol. The van der Waals surface area contributed by atoms with Gasteiger partial charge in [-0.3, -0.25) is 4.90 Å². The van der Waals surface area contributed by atoms with Crippen LogP contribution in [0, 0.1) is 6.92 Å². The Kier molecular flexibility index (Phi) is 2.94. The fraction of sp³-hybridized carbons (Fsp3) is 0.600. The van der Waals surface area contributed by atoms with Crippen LogP contribution in [0.4, 0.5) is 11.4 Å². The van der Waals surface area contributed by atoms with E-state index in [0.29, 0.717) is 6.04 Å². The number of anilines is 2. The summed E-state index contributed by atoms with van der Waals surface area (Å²) < 4.78 is 0. The van der Waals surface area contributed by atoms with E-state index in [9.17, 15) is 0 Å². The zero-order valence-corrected chi connectivity index (χ0v) is 11.4. The van der Waals surface area contributed by atoms with E-state index in [1.165, 1.54) is 37.2 Å². The van der Waals surface area contributed by atoms with Gasteiger partial charge in [0.2, 0.25) is 0 Å². The molecule has 98 valence electrons. The first-order valence-corrected chi connectivity index (χ1v) is 7.01. The summed E-state index contributed by atoms with van der Waals surface area (Å²) in [5, 5.41) is 0. The lowest BCUT2D eigenvalue weighted by atomic mass is 10.1. The number of hydrogen-bond donors (Lipinski definition) is 1. The minimum atomic E-state index is 0.584. The third-order valence-electron chi connectivity index (χ3n) is 4.35. The zero-order chi connectivity index (χ0) is 12.7. The molecular formula is C15H23N3. The number of nitrogens with zero attached hydrogens (tertiary/aromatic N) is 2. The Balaban J connectivity index is 1.86. The number of rotatable bonds is 1. The summed E-state index contributed by atoms with van der Waals surface area (Å²) in [4.78, 5) is 5.19. The monoisotopic (exact) mass is 245 g/mol. The van der Waals surface area contributed by atoms with Gasteiger partial charge in [0.25, 0.3) is 0 Å². The maximum Gasteiger partial charge on any atom is 0.0392 e. The van der Waals surface area contributed by atoms with Crippen molar-refractivity contribution >= 4 is 11.4 Å². The van der Waals surface area contributed by atoms with E-state index < -0.39 is 0 Å². The standard InChI is InChI=1S/C15H23N3/c1-11-6-13(16)8-15(7-11)18-10-14-4-3-5-17(14)9-12(18)2/h6-8,12,14H,3-5,9-10,16H2,1-2H3. The van der Waals surface area contributed by atoms with Crippen molar-refractivity contribution in [3.05, 3.63) is 23.8 Å². The smallest absolute Gasteiger partial charge is 0.0392 e. The van der Waals surface area contributed by atoms with Gasteiger partial charge >= 0.3 is 0 Å². The Labute approximate surface area is 110 Å². The van der Waals surface area contributed by atoms with E-state index in [1.54, 1.807) is 0 Å². The van der Waals surface area contributed by atoms with Crippen molar-refractivity contribution in [1.82, 2.24) is 4.90 Å². The fourth-order valence-electron chi connectivity index (χ4n) is 3.50. The first-order valence-electron chi connectivity index (χ1n) is 7.01. The van der Waals surface area contributed by atoms with Gasteiger partial charge in [0, 0.05) is 36.5 Å². The second-order valence-corrected chi connectivity index (χ2v) is 5.89. The van der Waals surface area contributed by atoms with Crippen molar-refractivity contribution in [3.8, 4) is 0 Å². The predicted molar refractivity (Wildman–Crippen MR) is 77.0 cm³/mol. The third kappa shape index (κ3) is 2.07. The lowest BCUT2D eigenvalue weighted by Crippen LogP contribution is -2.55. The summed E-state index contributed by atoms with van der Waals surface area (Å²) in [5.74, 6) is 0. The van der Waals surface area contributed by atoms with Crippen LogP contribution in [0.5, 0.6) is 0 Å². The molecule has 0 spiro atoms. The van der Waals surface area contributed by atoms with Crippen LogP contribution in [0.15, 0.2) is 18.2 Å². The highest BCUT2D eigenvalue weighted by Gasteiger charge is 2.34. The lowest BCUT2D eigenvalue weighted by molar-refractivity contribution is 0.203. The van der Waals surface area contributed by atoms with Gasteiger partial charge in [-0.1, -0.05) is 0 Å². The minimum Gasteiger partial charge on any atom is -0.399 e. The molecule has 2 heterocycles. The Morgan fingerprint density at radius 3 is 2.83 bits per heavy atom. The van der Waals surface area contributed by atoms with Gasteiger partial charge in [-0.2, -0.15) is 0 Å². The molecule has 0 aliphatic carbocycles. The molecule has 1 aromatic rings. The quantitative estimate of drug-likeness (QED) is 0.770. The van der Waals surface area contributed by atoms with E-state index in [2.05, 4.69) is 35.8 Å². The number of aryl methyl sites for hydroxylation is 1. The SMILES string of the molecule is Cc1cc(N)cc(N2CC3CCCN3CC2C)c1. The topological polar surface area (TPSA) is 32.5 Å². The van der Waals surface area contributed by atoms with Crippen LogP contribution in [0.1, 0.15) is 25.3 Å². The lowest BCUT2D eigenvalue weighted by Gasteiger charge is -2.43. The highest BCUT2D eigenvalue weighted by Crippen LogP contribution is 2.30. The summed E-state index contributed by atoms with van der Waals surface area (Å²) >= 11 is 0. The van der Waals surface area contributed by atoms with Crippen molar-refractivity contribution in [2.75, 3.05) is 30.3 Å². The molecule has 3 nitrogen and oxygen atoms in total. The van der Waals surface area contributed by atoms with Crippen LogP contribution < -0.4 is 10.6 Å². The molecule has 18 heavy (non-hydrogen) atoms. The first-order chi connectivity index (χ1) is 8.63. The van der Waals surface area contributed by atoms with Crippen molar-refractivity contribution in [2.24, 2.45) is 0 Å². The van der Waals surface area contributed by atoms with Gasteiger partial charge in [0.15, 0.2) is 0 Å². The number of nitrogens with two attached hydrogens (primary N) is 1. The summed E-state index contributed by atoms with van der Waals surface area (Å²) in [6, 6.07) is 7.76. The molecule has 2 unspecified atom stereocenters. The maximum absolute atomic E-state index is 5.98. The van der Waals surface area contributed by atoms with Crippen molar-refractivity contribution < 1.29 is 0 Å². The highest BCUT2D eigenvalue weighted by molar-refractivity contribution is 5.59. The number of fused-ring (bicyclic) bond motifs is 1. The number of piperazine rings is 1. The molecule has 3 heteroatoms. The molecule has 0 radical (unpaired) electrons. The fourth-order valence-corrected chi connectivity index (χ4v) is 3.50. The van der Waals surface area contributed by atoms with Gasteiger partial charge in [-0.05, 0) is 57.0 Å². The summed E-state index contributed by atoms with van der Waals surface area (Å²) in [6.07, 6.45) is 2.71. The molecule has 0 bridgehead atoms. The molecule has 2 aliphatic heterocycles. The molecular weight excluding hydrogens is 222 g/mol. The van der Waals surface area contributed by atoms with Crippen LogP contribution in [0.2, 0.25) is 0 Å². The predicted octanol–water partition coefficient (Wildman–Crippen LogP) is 2.25. The largest absolute Gasteiger partial charge is 0.399 e. The molecule has 0 saturated carbocycles. The number of hydrogen-bond acceptors (Lipinski definition) is 3. The Hall–Kier alpha value is -1.22. The normalized spacial score (nSPS) is 28.4. The van der Waals surface area contributed by atoms with Crippen molar-refractivity contribution in [1.29, 1.82) is 0 Å². The second kappa shape index (κ2) is 4.47. The molecule has 1 aromatic carbocycles. The van der Waals surface area contributed by atoms with Gasteiger partial charge in [0.1, 0.15) is 0 Å². The van der Waals surface area contributed by atoms with E-state index >= 15 is 0 Å². The van der Waals surface area contributed by atoms with Gasteiger partial charge in [-0.15, -0.1) is 0 Å². The molecule has 2 fully saturated rings. The summed E-state index contributed by atoms with van der Waals surface area (Å²) in [6.45, 7) is 8.09. The van der Waals surface area contributed by atoms with Crippen LogP contribution in [0.25, 0.3) is 0 Å². The minimum absolute atomic E-state index is 0.584. The molecule has 3 rings (SSSR count). The second-order valence-electron chi connectivity index (χ2n) is 5.89. The summed E-state index contributed by atoms with van der Waals surface area (Å²) in [7, 11) is 0. The molecule has 2 saturated heterocycles. The van der Waals surface area contributed by atoms with Gasteiger partial charge < -0.3 is 10.6 Å². The van der Waals surface area contributed by atoms with Crippen molar-refractivity contribution in [2.45, 2.75) is 38.8 Å². The molecule has 0 amide bonds. The summed E-state index contributed by atoms with van der Waals surface area (Å²) in [5.41, 5.74) is 9.42. The van der Waals surface area contributed by atoms with E-state index in [4.69, 9.17) is 5.73 Å². The number of nitrogen functional groups attached to an aromatic ring is 1. The van der Waals surface area contributed by atoms with Crippen LogP contribution in [-0.2, 0) is 0 Å². The Morgan fingerprint density at radius 1 is 1.22 bits per heavy atom. The van der Waals surface area contributed by atoms with Crippen LogP contribution >= 0.6 is 0 Å². The highest BCUT2D eigenvalue weighted by atomic mass is 15.3. The zero-order valence-electron chi connectivity index (χ0n) is 11.4. The first kappa shape index (κ1) is 11.8. The molecule has 2 atom stereocenters. The van der Waals surface area contributed by atoms with Crippen LogP contribution in [-0.4, -0.2) is 36.6 Å². The maximum atomic E-state index is 5.98. The number of benzene rings is 1. The Morgan fingerprint density at radius 2 is 2.06 bits per heavy atom. The van der Waals surface area contributed by atoms with Crippen LogP contribution in [0.3, 0.4) is 0 Å². The molecule has 2 aliphatic rings. The van der Waals surface area contributed by atoms with Gasteiger partial charge in [0.05, 0.1) is 0 Å². The molecule has 0 aromatic heterocycles. The average Bonchev–Trinajstić information content (AvgIpc) is 2.73. The van der Waals surface area contributed by atoms with E-state index in [0.717, 1.165) is 18.3 Å². The molecule has 2 N–H and O–H groups in total.